The van der Waals surface area contributed by atoms with Crippen molar-refractivity contribution in [3.8, 4) is 10.4 Å². The molecule has 0 bridgehead atoms. The first-order chi connectivity index (χ1) is 17.9. The SMILES string of the molecule is CCOC1(OCC)CCC(Cn2cc3ccccc3c2)N(C(=O)c2nc(C)sc2-c2ccc(F)cc2)C1. The molecule has 5 rings (SSSR count). The average molecular weight is 522 g/mol. The van der Waals surface area contributed by atoms with Crippen molar-refractivity contribution >= 4 is 28.0 Å². The molecule has 1 amide bonds. The van der Waals surface area contributed by atoms with Gasteiger partial charge in [-0.1, -0.05) is 36.4 Å². The third-order valence-corrected chi connectivity index (χ3v) is 7.88. The number of halogens is 1. The molecule has 0 N–H and O–H groups in total. The fourth-order valence-corrected chi connectivity index (χ4v) is 6.15. The molecule has 2 aromatic carbocycles. The number of aromatic nitrogens is 2. The van der Waals surface area contributed by atoms with Gasteiger partial charge in [0.15, 0.2) is 5.79 Å². The zero-order valence-electron chi connectivity index (χ0n) is 21.4. The van der Waals surface area contributed by atoms with Crippen LogP contribution in [0.5, 0.6) is 0 Å². The number of rotatable bonds is 8. The Bertz CT molecular complexity index is 1340. The fraction of sp³-hybridized carbons (Fsp3) is 0.379. The van der Waals surface area contributed by atoms with Gasteiger partial charge in [-0.25, -0.2) is 9.37 Å². The van der Waals surface area contributed by atoms with E-state index in [9.17, 15) is 9.18 Å². The van der Waals surface area contributed by atoms with Gasteiger partial charge in [0.05, 0.1) is 22.5 Å². The van der Waals surface area contributed by atoms with Crippen LogP contribution >= 0.6 is 11.3 Å². The van der Waals surface area contributed by atoms with Gasteiger partial charge in [0, 0.05) is 38.6 Å². The number of likely N-dealkylation sites (tertiary alicyclic amines) is 1. The minimum atomic E-state index is -0.849. The van der Waals surface area contributed by atoms with E-state index in [2.05, 4.69) is 34.1 Å². The number of carbonyl (C=O) groups is 1. The lowest BCUT2D eigenvalue weighted by atomic mass is 9.95. The van der Waals surface area contributed by atoms with E-state index in [1.165, 1.54) is 34.2 Å². The Morgan fingerprint density at radius 2 is 1.73 bits per heavy atom. The number of thiazole rings is 1. The number of hydrogen-bond donors (Lipinski definition) is 0. The van der Waals surface area contributed by atoms with E-state index >= 15 is 0 Å². The number of nitrogens with zero attached hydrogens (tertiary/aromatic N) is 3. The number of amides is 1. The van der Waals surface area contributed by atoms with E-state index in [0.29, 0.717) is 38.4 Å². The summed E-state index contributed by atoms with van der Waals surface area (Å²) >= 11 is 1.45. The third-order valence-electron chi connectivity index (χ3n) is 6.86. The zero-order valence-corrected chi connectivity index (χ0v) is 22.3. The summed E-state index contributed by atoms with van der Waals surface area (Å²) in [7, 11) is 0. The van der Waals surface area contributed by atoms with Crippen molar-refractivity contribution in [2.75, 3.05) is 19.8 Å². The molecule has 8 heteroatoms. The van der Waals surface area contributed by atoms with Crippen LogP contribution in [0.3, 0.4) is 0 Å². The van der Waals surface area contributed by atoms with Crippen LogP contribution in [0.2, 0.25) is 0 Å². The van der Waals surface area contributed by atoms with E-state index in [1.807, 2.05) is 37.8 Å². The van der Waals surface area contributed by atoms with Crippen LogP contribution in [-0.4, -0.2) is 51.9 Å². The normalized spacial score (nSPS) is 17.4. The van der Waals surface area contributed by atoms with Crippen molar-refractivity contribution in [3.63, 3.8) is 0 Å². The second kappa shape index (κ2) is 10.7. The summed E-state index contributed by atoms with van der Waals surface area (Å²) in [5.74, 6) is -1.32. The second-order valence-electron chi connectivity index (χ2n) is 9.40. The van der Waals surface area contributed by atoms with E-state index in [4.69, 9.17) is 9.47 Å². The molecule has 1 atom stereocenters. The first kappa shape index (κ1) is 25.6. The molecular weight excluding hydrogens is 489 g/mol. The first-order valence-corrected chi connectivity index (χ1v) is 13.6. The second-order valence-corrected chi connectivity index (χ2v) is 10.6. The van der Waals surface area contributed by atoms with Gasteiger partial charge in [-0.15, -0.1) is 11.3 Å². The highest BCUT2D eigenvalue weighted by Crippen LogP contribution is 2.36. The Morgan fingerprint density at radius 1 is 1.08 bits per heavy atom. The number of carbonyl (C=O) groups excluding carboxylic acids is 1. The van der Waals surface area contributed by atoms with Crippen molar-refractivity contribution in [2.24, 2.45) is 0 Å². The summed E-state index contributed by atoms with van der Waals surface area (Å²) in [6, 6.07) is 14.4. The molecule has 0 radical (unpaired) electrons. The minimum Gasteiger partial charge on any atom is -0.351 e. The van der Waals surface area contributed by atoms with Gasteiger partial charge in [-0.3, -0.25) is 4.79 Å². The monoisotopic (exact) mass is 521 g/mol. The molecule has 6 nitrogen and oxygen atoms in total. The Labute approximate surface area is 220 Å². The molecule has 4 aromatic rings. The number of benzene rings is 2. The fourth-order valence-electron chi connectivity index (χ4n) is 5.24. The van der Waals surface area contributed by atoms with Crippen molar-refractivity contribution < 1.29 is 18.7 Å². The topological polar surface area (TPSA) is 56.6 Å². The van der Waals surface area contributed by atoms with Crippen LogP contribution < -0.4 is 0 Å². The summed E-state index contributed by atoms with van der Waals surface area (Å²) in [5, 5.41) is 3.12. The number of hydrogen-bond acceptors (Lipinski definition) is 5. The van der Waals surface area contributed by atoms with Gasteiger partial charge in [-0.2, -0.15) is 0 Å². The van der Waals surface area contributed by atoms with Crippen LogP contribution in [0.1, 0.15) is 42.2 Å². The average Bonchev–Trinajstić information content (AvgIpc) is 3.48. The van der Waals surface area contributed by atoms with Crippen molar-refractivity contribution in [1.82, 2.24) is 14.5 Å². The molecule has 1 unspecified atom stereocenters. The van der Waals surface area contributed by atoms with E-state index in [-0.39, 0.29) is 17.8 Å². The maximum absolute atomic E-state index is 14.2. The Kier molecular flexibility index (Phi) is 7.42. The van der Waals surface area contributed by atoms with Gasteiger partial charge in [0.2, 0.25) is 0 Å². The summed E-state index contributed by atoms with van der Waals surface area (Å²) in [4.78, 5) is 21.5. The molecular formula is C29H32FN3O3S. The maximum Gasteiger partial charge on any atom is 0.274 e. The van der Waals surface area contributed by atoms with Gasteiger partial charge in [-0.05, 0) is 55.7 Å². The molecule has 1 aliphatic rings. The maximum atomic E-state index is 14.2. The zero-order chi connectivity index (χ0) is 26.0. The van der Waals surface area contributed by atoms with Crippen LogP contribution in [-0.2, 0) is 16.0 Å². The highest BCUT2D eigenvalue weighted by Gasteiger charge is 2.44. The highest BCUT2D eigenvalue weighted by atomic mass is 32.1. The molecule has 1 saturated heterocycles. The third kappa shape index (κ3) is 5.32. The van der Waals surface area contributed by atoms with Gasteiger partial charge < -0.3 is 18.9 Å². The smallest absolute Gasteiger partial charge is 0.274 e. The summed E-state index contributed by atoms with van der Waals surface area (Å²) in [6.45, 7) is 7.74. The lowest BCUT2D eigenvalue weighted by Gasteiger charge is -2.46. The molecule has 37 heavy (non-hydrogen) atoms. The molecule has 2 aromatic heterocycles. The largest absolute Gasteiger partial charge is 0.351 e. The van der Waals surface area contributed by atoms with E-state index in [0.717, 1.165) is 21.9 Å². The lowest BCUT2D eigenvalue weighted by Crippen LogP contribution is -2.58. The number of ether oxygens (including phenoxy) is 2. The molecule has 0 spiro atoms. The van der Waals surface area contributed by atoms with Crippen molar-refractivity contribution in [2.45, 2.75) is 52.0 Å². The predicted octanol–water partition coefficient (Wildman–Crippen LogP) is 6.29. The Balaban J connectivity index is 1.51. The standard InChI is InChI=1S/C29H32FN3O3S/c1-4-35-29(36-5-2)15-14-25(18-32-16-22-8-6-7-9-23(22)17-32)33(19-29)28(34)26-27(37-20(3)31-26)21-10-12-24(30)13-11-21/h6-13,16-17,25H,4-5,14-15,18-19H2,1-3H3. The van der Waals surface area contributed by atoms with Gasteiger partial charge in [0.1, 0.15) is 11.5 Å². The van der Waals surface area contributed by atoms with Crippen molar-refractivity contribution in [1.29, 1.82) is 0 Å². The summed E-state index contributed by atoms with van der Waals surface area (Å²) in [6.07, 6.45) is 5.68. The quantitative estimate of drug-likeness (QED) is 0.256. The van der Waals surface area contributed by atoms with Crippen LogP contribution in [0.25, 0.3) is 21.2 Å². The molecule has 0 saturated carbocycles. The summed E-state index contributed by atoms with van der Waals surface area (Å²) < 4.78 is 28.0. The number of piperidine rings is 1. The molecule has 1 fully saturated rings. The summed E-state index contributed by atoms with van der Waals surface area (Å²) in [5.41, 5.74) is 1.17. The molecule has 194 valence electrons. The Morgan fingerprint density at radius 3 is 2.35 bits per heavy atom. The van der Waals surface area contributed by atoms with E-state index < -0.39 is 5.79 Å². The first-order valence-electron chi connectivity index (χ1n) is 12.8. The van der Waals surface area contributed by atoms with Crippen LogP contribution in [0.15, 0.2) is 60.9 Å². The van der Waals surface area contributed by atoms with E-state index in [1.54, 1.807) is 12.1 Å². The number of aryl methyl sites for hydroxylation is 1. The molecule has 3 heterocycles. The van der Waals surface area contributed by atoms with Crippen LogP contribution in [0.4, 0.5) is 4.39 Å². The van der Waals surface area contributed by atoms with Crippen molar-refractivity contribution in [3.05, 3.63) is 77.4 Å². The highest BCUT2D eigenvalue weighted by molar-refractivity contribution is 7.15. The molecule has 0 aliphatic carbocycles. The Hall–Kier alpha value is -3.07. The minimum absolute atomic E-state index is 0.0635. The predicted molar refractivity (Wildman–Crippen MR) is 144 cm³/mol. The van der Waals surface area contributed by atoms with Crippen LogP contribution in [0, 0.1) is 12.7 Å². The lowest BCUT2D eigenvalue weighted by molar-refractivity contribution is -0.256. The van der Waals surface area contributed by atoms with Gasteiger partial charge >= 0.3 is 0 Å². The number of fused-ring (bicyclic) bond motifs is 1. The van der Waals surface area contributed by atoms with Gasteiger partial charge in [0.25, 0.3) is 5.91 Å². The molecule has 1 aliphatic heterocycles.